The topological polar surface area (TPSA) is 115 Å². The molecule has 3 aromatic rings. The van der Waals surface area contributed by atoms with Crippen molar-refractivity contribution >= 4 is 23.1 Å². The molecule has 2 aromatic heterocycles. The van der Waals surface area contributed by atoms with Gasteiger partial charge in [-0.05, 0) is 51.1 Å². The van der Waals surface area contributed by atoms with E-state index in [0.717, 1.165) is 36.6 Å². The van der Waals surface area contributed by atoms with Gasteiger partial charge in [0.2, 0.25) is 5.91 Å². The molecule has 3 rings (SSSR count). The van der Waals surface area contributed by atoms with E-state index in [4.69, 9.17) is 10.5 Å². The molecule has 0 saturated carbocycles. The standard InChI is InChI=1S/C24H32N6O3/c1-5-29(6-2)13-14-33-21-10-8-7-9-20(21)28-22(31)12-11-18-16(3)27-24-19(23(25)32)15-26-30(24)17(18)4/h7-10,15H,5-6,11-14H2,1-4H3,(H2,25,32)(H,28,31). The van der Waals surface area contributed by atoms with Gasteiger partial charge in [-0.15, -0.1) is 0 Å². The van der Waals surface area contributed by atoms with E-state index < -0.39 is 5.91 Å². The molecule has 0 spiro atoms. The van der Waals surface area contributed by atoms with Crippen molar-refractivity contribution in [3.05, 3.63) is 53.0 Å². The SMILES string of the molecule is CCN(CC)CCOc1ccccc1NC(=O)CCc1c(C)nc2c(C(N)=O)cnn2c1C. The molecule has 1 aromatic carbocycles. The van der Waals surface area contributed by atoms with Crippen molar-refractivity contribution in [3.63, 3.8) is 0 Å². The first-order chi connectivity index (χ1) is 15.8. The van der Waals surface area contributed by atoms with E-state index in [1.165, 1.54) is 6.20 Å². The van der Waals surface area contributed by atoms with E-state index in [9.17, 15) is 9.59 Å². The number of rotatable bonds is 11. The molecule has 0 aliphatic heterocycles. The number of aryl methyl sites for hydroxylation is 2. The largest absolute Gasteiger partial charge is 0.490 e. The van der Waals surface area contributed by atoms with Crippen LogP contribution in [0, 0.1) is 13.8 Å². The first-order valence-corrected chi connectivity index (χ1v) is 11.2. The van der Waals surface area contributed by atoms with Crippen molar-refractivity contribution in [2.75, 3.05) is 31.6 Å². The molecule has 0 aliphatic rings. The average Bonchev–Trinajstić information content (AvgIpc) is 3.22. The quantitative estimate of drug-likeness (QED) is 0.462. The fourth-order valence-electron chi connectivity index (χ4n) is 3.82. The van der Waals surface area contributed by atoms with Gasteiger partial charge in [-0.1, -0.05) is 26.0 Å². The van der Waals surface area contributed by atoms with Gasteiger partial charge in [0.05, 0.1) is 11.9 Å². The Bertz CT molecular complexity index is 1140. The molecule has 2 heterocycles. The summed E-state index contributed by atoms with van der Waals surface area (Å²) in [5.74, 6) is -0.0302. The number of hydrogen-bond acceptors (Lipinski definition) is 6. The van der Waals surface area contributed by atoms with Gasteiger partial charge in [0.1, 0.15) is 17.9 Å². The Labute approximate surface area is 193 Å². The molecule has 176 valence electrons. The number of primary amides is 1. The van der Waals surface area contributed by atoms with Gasteiger partial charge in [-0.25, -0.2) is 9.50 Å². The van der Waals surface area contributed by atoms with Crippen LogP contribution in [-0.2, 0) is 11.2 Å². The van der Waals surface area contributed by atoms with E-state index in [0.29, 0.717) is 30.1 Å². The van der Waals surface area contributed by atoms with Crippen LogP contribution in [0.1, 0.15) is 47.6 Å². The highest BCUT2D eigenvalue weighted by Crippen LogP contribution is 2.24. The maximum Gasteiger partial charge on any atom is 0.254 e. The predicted molar refractivity (Wildman–Crippen MR) is 128 cm³/mol. The number of benzene rings is 1. The van der Waals surface area contributed by atoms with Crippen LogP contribution < -0.4 is 15.8 Å². The molecular formula is C24H32N6O3. The van der Waals surface area contributed by atoms with E-state index in [-0.39, 0.29) is 17.9 Å². The van der Waals surface area contributed by atoms with Gasteiger partial charge in [0.25, 0.3) is 5.91 Å². The maximum absolute atomic E-state index is 12.7. The molecule has 0 saturated heterocycles. The minimum Gasteiger partial charge on any atom is -0.490 e. The minimum absolute atomic E-state index is 0.119. The summed E-state index contributed by atoms with van der Waals surface area (Å²) in [4.78, 5) is 31.1. The van der Waals surface area contributed by atoms with Crippen LogP contribution in [-0.4, -0.2) is 57.6 Å². The van der Waals surface area contributed by atoms with Crippen LogP contribution in [0.2, 0.25) is 0 Å². The minimum atomic E-state index is -0.568. The van der Waals surface area contributed by atoms with Gasteiger partial charge in [-0.3, -0.25) is 9.59 Å². The molecular weight excluding hydrogens is 420 g/mol. The number of para-hydroxylation sites is 2. The summed E-state index contributed by atoms with van der Waals surface area (Å²) >= 11 is 0. The number of nitrogens with zero attached hydrogens (tertiary/aromatic N) is 4. The number of fused-ring (bicyclic) bond motifs is 1. The summed E-state index contributed by atoms with van der Waals surface area (Å²) in [6, 6.07) is 7.45. The van der Waals surface area contributed by atoms with Crippen LogP contribution in [0.5, 0.6) is 5.75 Å². The summed E-state index contributed by atoms with van der Waals surface area (Å²) in [5, 5.41) is 7.19. The fourth-order valence-corrected chi connectivity index (χ4v) is 3.82. The third-order valence-corrected chi connectivity index (χ3v) is 5.80. The van der Waals surface area contributed by atoms with Crippen molar-refractivity contribution in [2.24, 2.45) is 5.73 Å². The van der Waals surface area contributed by atoms with Crippen LogP contribution in [0.3, 0.4) is 0 Å². The molecule has 0 bridgehead atoms. The monoisotopic (exact) mass is 452 g/mol. The highest BCUT2D eigenvalue weighted by atomic mass is 16.5. The number of nitrogens with one attached hydrogen (secondary N) is 1. The second kappa shape index (κ2) is 10.9. The molecule has 2 amide bonds. The normalized spacial score (nSPS) is 11.2. The Balaban J connectivity index is 1.65. The van der Waals surface area contributed by atoms with E-state index in [1.54, 1.807) is 4.52 Å². The third kappa shape index (κ3) is 5.67. The molecule has 0 atom stereocenters. The summed E-state index contributed by atoms with van der Waals surface area (Å²) < 4.78 is 7.52. The highest BCUT2D eigenvalue weighted by Gasteiger charge is 2.17. The molecule has 0 radical (unpaired) electrons. The number of nitrogens with two attached hydrogens (primary N) is 1. The van der Waals surface area contributed by atoms with Crippen molar-refractivity contribution in [1.29, 1.82) is 0 Å². The zero-order valence-corrected chi connectivity index (χ0v) is 19.7. The number of anilines is 1. The van der Waals surface area contributed by atoms with E-state index in [1.807, 2.05) is 38.1 Å². The number of likely N-dealkylation sites (N-methyl/N-ethyl adjacent to an activating group) is 1. The fraction of sp³-hybridized carbons (Fsp3) is 0.417. The number of carbonyl (C=O) groups excluding carboxylic acids is 2. The van der Waals surface area contributed by atoms with Crippen LogP contribution in [0.25, 0.3) is 5.65 Å². The Morgan fingerprint density at radius 1 is 1.18 bits per heavy atom. The Hall–Kier alpha value is -3.46. The average molecular weight is 453 g/mol. The zero-order chi connectivity index (χ0) is 24.0. The third-order valence-electron chi connectivity index (χ3n) is 5.80. The number of ether oxygens (including phenoxy) is 1. The van der Waals surface area contributed by atoms with Crippen LogP contribution in [0.15, 0.2) is 30.5 Å². The lowest BCUT2D eigenvalue weighted by molar-refractivity contribution is -0.116. The van der Waals surface area contributed by atoms with Crippen molar-refractivity contribution in [3.8, 4) is 5.75 Å². The Kier molecular flexibility index (Phi) is 8.00. The number of hydrogen-bond donors (Lipinski definition) is 2. The van der Waals surface area contributed by atoms with E-state index >= 15 is 0 Å². The number of carbonyl (C=O) groups is 2. The Morgan fingerprint density at radius 2 is 1.91 bits per heavy atom. The summed E-state index contributed by atoms with van der Waals surface area (Å²) in [6.07, 6.45) is 2.18. The predicted octanol–water partition coefficient (Wildman–Crippen LogP) is 2.74. The van der Waals surface area contributed by atoms with Gasteiger partial charge in [0, 0.05) is 24.4 Å². The number of aromatic nitrogens is 3. The first-order valence-electron chi connectivity index (χ1n) is 11.2. The van der Waals surface area contributed by atoms with E-state index in [2.05, 4.69) is 34.1 Å². The van der Waals surface area contributed by atoms with Crippen LogP contribution in [0.4, 0.5) is 5.69 Å². The summed E-state index contributed by atoms with van der Waals surface area (Å²) in [7, 11) is 0. The van der Waals surface area contributed by atoms with Crippen molar-refractivity contribution in [1.82, 2.24) is 19.5 Å². The van der Waals surface area contributed by atoms with Crippen molar-refractivity contribution in [2.45, 2.75) is 40.5 Å². The Morgan fingerprint density at radius 3 is 2.61 bits per heavy atom. The molecule has 33 heavy (non-hydrogen) atoms. The molecule has 0 aliphatic carbocycles. The molecule has 0 unspecified atom stereocenters. The summed E-state index contributed by atoms with van der Waals surface area (Å²) in [5.41, 5.74) is 9.27. The lowest BCUT2D eigenvalue weighted by atomic mass is 10.1. The highest BCUT2D eigenvalue weighted by molar-refractivity contribution is 5.98. The molecule has 9 heteroatoms. The van der Waals surface area contributed by atoms with Gasteiger partial charge in [0.15, 0.2) is 5.65 Å². The van der Waals surface area contributed by atoms with Gasteiger partial charge in [-0.2, -0.15) is 5.10 Å². The molecule has 9 nitrogen and oxygen atoms in total. The second-order valence-electron chi connectivity index (χ2n) is 7.84. The van der Waals surface area contributed by atoms with Gasteiger partial charge >= 0.3 is 0 Å². The lowest BCUT2D eigenvalue weighted by Gasteiger charge is -2.19. The molecule has 0 fully saturated rings. The maximum atomic E-state index is 12.7. The number of amides is 2. The van der Waals surface area contributed by atoms with Crippen molar-refractivity contribution < 1.29 is 14.3 Å². The van der Waals surface area contributed by atoms with Gasteiger partial charge < -0.3 is 20.7 Å². The smallest absolute Gasteiger partial charge is 0.254 e. The summed E-state index contributed by atoms with van der Waals surface area (Å²) in [6.45, 7) is 11.3. The second-order valence-corrected chi connectivity index (χ2v) is 7.84. The molecule has 3 N–H and O–H groups in total. The van der Waals surface area contributed by atoms with Crippen LogP contribution >= 0.6 is 0 Å². The zero-order valence-electron chi connectivity index (χ0n) is 19.7. The first kappa shape index (κ1) is 24.2. The lowest BCUT2D eigenvalue weighted by Crippen LogP contribution is -2.28.